The van der Waals surface area contributed by atoms with E-state index in [4.69, 9.17) is 10.5 Å². The lowest BCUT2D eigenvalue weighted by Gasteiger charge is -2.12. The number of para-hydroxylation sites is 2. The van der Waals surface area contributed by atoms with Crippen LogP contribution in [0.15, 0.2) is 48.5 Å². The number of hydrogen-bond acceptors (Lipinski definition) is 3. The van der Waals surface area contributed by atoms with Crippen molar-refractivity contribution in [3.63, 3.8) is 0 Å². The lowest BCUT2D eigenvalue weighted by atomic mass is 10.2. The highest BCUT2D eigenvalue weighted by atomic mass is 16.5. The van der Waals surface area contributed by atoms with Gasteiger partial charge in [0.25, 0.3) is 0 Å². The molecule has 19 heavy (non-hydrogen) atoms. The van der Waals surface area contributed by atoms with Crippen molar-refractivity contribution < 1.29 is 4.74 Å². The molecular weight excluding hydrogens is 236 g/mol. The Morgan fingerprint density at radius 3 is 2.53 bits per heavy atom. The molecule has 0 aromatic heterocycles. The van der Waals surface area contributed by atoms with Crippen LogP contribution in [0.3, 0.4) is 0 Å². The molecule has 0 radical (unpaired) electrons. The highest BCUT2D eigenvalue weighted by Gasteiger charge is 2.02. The molecule has 3 nitrogen and oxygen atoms in total. The van der Waals surface area contributed by atoms with Crippen LogP contribution in [0.2, 0.25) is 0 Å². The number of anilines is 2. The SMILES string of the molecule is CCCOc1ccccc1NCc1ccc(N)cc1. The maximum atomic E-state index is 5.71. The zero-order chi connectivity index (χ0) is 13.5. The van der Waals surface area contributed by atoms with E-state index in [-0.39, 0.29) is 0 Å². The fourth-order valence-electron chi connectivity index (χ4n) is 1.78. The summed E-state index contributed by atoms with van der Waals surface area (Å²) < 4.78 is 5.71. The van der Waals surface area contributed by atoms with Gasteiger partial charge in [0.1, 0.15) is 5.75 Å². The quantitative estimate of drug-likeness (QED) is 0.775. The fraction of sp³-hybridized carbons (Fsp3) is 0.250. The summed E-state index contributed by atoms with van der Waals surface area (Å²) in [6, 6.07) is 15.9. The highest BCUT2D eigenvalue weighted by molar-refractivity contribution is 5.56. The molecule has 0 amide bonds. The van der Waals surface area contributed by atoms with E-state index in [9.17, 15) is 0 Å². The molecule has 0 aliphatic carbocycles. The number of benzene rings is 2. The largest absolute Gasteiger partial charge is 0.491 e. The van der Waals surface area contributed by atoms with E-state index in [0.717, 1.165) is 36.7 Å². The number of rotatable bonds is 6. The number of nitrogens with two attached hydrogens (primary N) is 1. The molecule has 100 valence electrons. The molecule has 0 unspecified atom stereocenters. The summed E-state index contributed by atoms with van der Waals surface area (Å²) in [5, 5.41) is 3.39. The van der Waals surface area contributed by atoms with Crippen LogP contribution in [0.25, 0.3) is 0 Å². The zero-order valence-electron chi connectivity index (χ0n) is 11.2. The van der Waals surface area contributed by atoms with Crippen molar-refractivity contribution in [1.29, 1.82) is 0 Å². The Kier molecular flexibility index (Phi) is 4.67. The van der Waals surface area contributed by atoms with Crippen molar-refractivity contribution in [2.45, 2.75) is 19.9 Å². The van der Waals surface area contributed by atoms with Gasteiger partial charge in [-0.05, 0) is 36.2 Å². The lowest BCUT2D eigenvalue weighted by molar-refractivity contribution is 0.319. The maximum absolute atomic E-state index is 5.71. The first-order valence-corrected chi connectivity index (χ1v) is 6.59. The summed E-state index contributed by atoms with van der Waals surface area (Å²) in [7, 11) is 0. The van der Waals surface area contributed by atoms with Gasteiger partial charge in [-0.15, -0.1) is 0 Å². The lowest BCUT2D eigenvalue weighted by Crippen LogP contribution is -2.03. The third-order valence-corrected chi connectivity index (χ3v) is 2.81. The van der Waals surface area contributed by atoms with E-state index in [1.165, 1.54) is 5.56 Å². The van der Waals surface area contributed by atoms with Crippen LogP contribution in [0.1, 0.15) is 18.9 Å². The van der Waals surface area contributed by atoms with Gasteiger partial charge in [0.05, 0.1) is 12.3 Å². The van der Waals surface area contributed by atoms with E-state index in [1.807, 2.05) is 48.5 Å². The van der Waals surface area contributed by atoms with Gasteiger partial charge in [-0.2, -0.15) is 0 Å². The molecule has 0 spiro atoms. The molecule has 2 aromatic rings. The van der Waals surface area contributed by atoms with Gasteiger partial charge in [0, 0.05) is 12.2 Å². The zero-order valence-corrected chi connectivity index (χ0v) is 11.2. The van der Waals surface area contributed by atoms with Crippen LogP contribution < -0.4 is 15.8 Å². The smallest absolute Gasteiger partial charge is 0.142 e. The predicted octanol–water partition coefficient (Wildman–Crippen LogP) is 3.67. The van der Waals surface area contributed by atoms with Gasteiger partial charge in [0.15, 0.2) is 0 Å². The second-order valence-corrected chi connectivity index (χ2v) is 4.44. The second-order valence-electron chi connectivity index (χ2n) is 4.44. The molecule has 2 aromatic carbocycles. The summed E-state index contributed by atoms with van der Waals surface area (Å²) in [5.74, 6) is 0.903. The van der Waals surface area contributed by atoms with Crippen molar-refractivity contribution >= 4 is 11.4 Å². The molecular formula is C16H20N2O. The standard InChI is InChI=1S/C16H20N2O/c1-2-11-19-16-6-4-3-5-15(16)18-12-13-7-9-14(17)10-8-13/h3-10,18H,2,11-12,17H2,1H3. The summed E-state index contributed by atoms with van der Waals surface area (Å²) in [4.78, 5) is 0. The second kappa shape index (κ2) is 6.69. The molecule has 0 saturated heterocycles. The molecule has 3 heteroatoms. The Hall–Kier alpha value is -2.16. The van der Waals surface area contributed by atoms with Crippen LogP contribution >= 0.6 is 0 Å². The van der Waals surface area contributed by atoms with Crippen LogP contribution in [-0.4, -0.2) is 6.61 Å². The molecule has 3 N–H and O–H groups in total. The van der Waals surface area contributed by atoms with E-state index >= 15 is 0 Å². The maximum Gasteiger partial charge on any atom is 0.142 e. The highest BCUT2D eigenvalue weighted by Crippen LogP contribution is 2.24. The Labute approximate surface area is 114 Å². The summed E-state index contributed by atoms with van der Waals surface area (Å²) in [6.07, 6.45) is 1.01. The Morgan fingerprint density at radius 1 is 1.05 bits per heavy atom. The fourth-order valence-corrected chi connectivity index (χ4v) is 1.78. The van der Waals surface area contributed by atoms with E-state index < -0.39 is 0 Å². The number of hydrogen-bond donors (Lipinski definition) is 2. The first kappa shape index (κ1) is 13.3. The first-order valence-electron chi connectivity index (χ1n) is 6.59. The van der Waals surface area contributed by atoms with Crippen molar-refractivity contribution in [2.75, 3.05) is 17.7 Å². The van der Waals surface area contributed by atoms with Gasteiger partial charge in [-0.1, -0.05) is 31.2 Å². The Balaban J connectivity index is 2.00. The minimum Gasteiger partial charge on any atom is -0.491 e. The van der Waals surface area contributed by atoms with Crippen molar-refractivity contribution in [2.24, 2.45) is 0 Å². The van der Waals surface area contributed by atoms with Gasteiger partial charge in [-0.25, -0.2) is 0 Å². The van der Waals surface area contributed by atoms with Gasteiger partial charge >= 0.3 is 0 Å². The predicted molar refractivity (Wildman–Crippen MR) is 80.4 cm³/mol. The van der Waals surface area contributed by atoms with E-state index in [2.05, 4.69) is 12.2 Å². The molecule has 0 fully saturated rings. The molecule has 2 rings (SSSR count). The van der Waals surface area contributed by atoms with Crippen LogP contribution in [0.4, 0.5) is 11.4 Å². The number of nitrogen functional groups attached to an aromatic ring is 1. The molecule has 0 saturated carbocycles. The first-order chi connectivity index (χ1) is 9.29. The van der Waals surface area contributed by atoms with E-state index in [1.54, 1.807) is 0 Å². The van der Waals surface area contributed by atoms with Crippen molar-refractivity contribution in [3.05, 3.63) is 54.1 Å². The summed E-state index contributed by atoms with van der Waals surface area (Å²) in [6.45, 7) is 3.59. The van der Waals surface area contributed by atoms with Crippen LogP contribution in [0, 0.1) is 0 Å². The molecule has 0 aliphatic heterocycles. The number of nitrogens with one attached hydrogen (secondary N) is 1. The van der Waals surface area contributed by atoms with Gasteiger partial charge < -0.3 is 15.8 Å². The molecule has 0 bridgehead atoms. The van der Waals surface area contributed by atoms with Crippen molar-refractivity contribution in [1.82, 2.24) is 0 Å². The van der Waals surface area contributed by atoms with Crippen LogP contribution in [0.5, 0.6) is 5.75 Å². The van der Waals surface area contributed by atoms with Crippen molar-refractivity contribution in [3.8, 4) is 5.75 Å². The Morgan fingerprint density at radius 2 is 1.79 bits per heavy atom. The summed E-state index contributed by atoms with van der Waals surface area (Å²) in [5.41, 5.74) is 8.68. The molecule has 0 atom stereocenters. The monoisotopic (exact) mass is 256 g/mol. The molecule has 0 heterocycles. The molecule has 0 aliphatic rings. The minimum absolute atomic E-state index is 0.737. The van der Waals surface area contributed by atoms with Gasteiger partial charge in [-0.3, -0.25) is 0 Å². The third-order valence-electron chi connectivity index (χ3n) is 2.81. The van der Waals surface area contributed by atoms with Crippen LogP contribution in [-0.2, 0) is 6.54 Å². The Bertz CT molecular complexity index is 508. The van der Waals surface area contributed by atoms with E-state index in [0.29, 0.717) is 0 Å². The average molecular weight is 256 g/mol. The summed E-state index contributed by atoms with van der Waals surface area (Å²) >= 11 is 0. The average Bonchev–Trinajstić information content (AvgIpc) is 2.45. The normalized spacial score (nSPS) is 10.2. The number of ether oxygens (including phenoxy) is 1. The topological polar surface area (TPSA) is 47.3 Å². The third kappa shape index (κ3) is 3.91. The minimum atomic E-state index is 0.737. The van der Waals surface area contributed by atoms with Gasteiger partial charge in [0.2, 0.25) is 0 Å².